The molecule has 0 aliphatic carbocycles. The van der Waals surface area contributed by atoms with Gasteiger partial charge in [-0.05, 0) is 46.1 Å². The number of esters is 2. The molecule has 12 nitrogen and oxygen atoms in total. The Bertz CT molecular complexity index is 935. The number of hydrogen-bond acceptors (Lipinski definition) is 11. The van der Waals surface area contributed by atoms with Crippen LogP contribution in [0.25, 0.3) is 0 Å². The van der Waals surface area contributed by atoms with Crippen molar-refractivity contribution in [2.45, 2.75) is 60.0 Å². The maximum Gasteiger partial charge on any atom is 0.311 e. The Kier molecular flexibility index (Phi) is 14.7. The molecule has 0 fully saturated rings. The van der Waals surface area contributed by atoms with Crippen LogP contribution in [0.2, 0.25) is 0 Å². The zero-order chi connectivity index (χ0) is 29.5. The van der Waals surface area contributed by atoms with E-state index in [2.05, 4.69) is 0 Å². The maximum absolute atomic E-state index is 12.6. The number of hydrogen-bond donors (Lipinski definition) is 1. The Hall–Kier alpha value is -2.96. The van der Waals surface area contributed by atoms with Crippen LogP contribution in [-0.4, -0.2) is 75.8 Å². The number of rotatable bonds is 20. The average molecular weight is 558 g/mol. The van der Waals surface area contributed by atoms with Gasteiger partial charge in [0.15, 0.2) is 11.5 Å². The van der Waals surface area contributed by atoms with Crippen LogP contribution in [0.5, 0.6) is 11.5 Å². The Balaban J connectivity index is 2.40. The standard InChI is InChI=1S/C27H43NO11/c1-7-27(4,25(31)39-14-11-34-5)10-8-9-26(2,3)24(30)38-16-13-36-12-15-37-23-18-21(28(32)33)20(19-29)17-22(23)35-6/h17-18,29H,7-16,19H2,1-6H3. The normalized spacial score (nSPS) is 12.9. The molecule has 0 radical (unpaired) electrons. The van der Waals surface area contributed by atoms with E-state index >= 15 is 0 Å². The van der Waals surface area contributed by atoms with Gasteiger partial charge in [0.25, 0.3) is 5.69 Å². The lowest BCUT2D eigenvalue weighted by Crippen LogP contribution is -2.32. The minimum absolute atomic E-state index is 0.0563. The Morgan fingerprint density at radius 2 is 1.56 bits per heavy atom. The molecule has 0 heterocycles. The van der Waals surface area contributed by atoms with Crippen molar-refractivity contribution < 1.29 is 48.0 Å². The molecule has 0 saturated heterocycles. The van der Waals surface area contributed by atoms with Gasteiger partial charge in [0.2, 0.25) is 0 Å². The van der Waals surface area contributed by atoms with Gasteiger partial charge in [0.1, 0.15) is 19.8 Å². The van der Waals surface area contributed by atoms with Gasteiger partial charge in [-0.3, -0.25) is 19.7 Å². The minimum Gasteiger partial charge on any atom is -0.493 e. The van der Waals surface area contributed by atoms with E-state index in [1.54, 1.807) is 21.0 Å². The van der Waals surface area contributed by atoms with Gasteiger partial charge in [0.05, 0.1) is 60.9 Å². The molecule has 0 amide bonds. The van der Waals surface area contributed by atoms with Gasteiger partial charge in [-0.2, -0.15) is 0 Å². The van der Waals surface area contributed by atoms with Crippen molar-refractivity contribution in [3.63, 3.8) is 0 Å². The van der Waals surface area contributed by atoms with Gasteiger partial charge < -0.3 is 33.5 Å². The van der Waals surface area contributed by atoms with Crippen LogP contribution in [-0.2, 0) is 35.1 Å². The number of aliphatic hydroxyl groups is 1. The number of nitrogens with zero attached hydrogens (tertiary/aromatic N) is 1. The highest BCUT2D eigenvalue weighted by atomic mass is 16.6. The summed E-state index contributed by atoms with van der Waals surface area (Å²) in [6.45, 7) is 7.90. The lowest BCUT2D eigenvalue weighted by molar-refractivity contribution is -0.385. The van der Waals surface area contributed by atoms with Crippen molar-refractivity contribution in [3.05, 3.63) is 27.8 Å². The number of methoxy groups -OCH3 is 2. The Morgan fingerprint density at radius 3 is 2.15 bits per heavy atom. The number of carbonyl (C=O) groups is 2. The van der Waals surface area contributed by atoms with E-state index in [0.29, 0.717) is 32.3 Å². The highest BCUT2D eigenvalue weighted by Crippen LogP contribution is 2.35. The first-order chi connectivity index (χ1) is 18.5. The molecule has 0 bridgehead atoms. The van der Waals surface area contributed by atoms with Crippen LogP contribution < -0.4 is 9.47 Å². The van der Waals surface area contributed by atoms with Gasteiger partial charge in [-0.25, -0.2) is 0 Å². The van der Waals surface area contributed by atoms with E-state index in [4.69, 9.17) is 28.4 Å². The largest absolute Gasteiger partial charge is 0.493 e. The smallest absolute Gasteiger partial charge is 0.311 e. The molecule has 0 spiro atoms. The summed E-state index contributed by atoms with van der Waals surface area (Å²) in [4.78, 5) is 35.6. The first-order valence-corrected chi connectivity index (χ1v) is 13.0. The molecule has 1 aromatic rings. The SMILES string of the molecule is CCC(C)(CCCC(C)(C)C(=O)OCCOCCOc1cc([N+](=O)[O-])c(CO)cc1OC)C(=O)OCCOC. The number of nitro benzene ring substituents is 1. The molecule has 0 saturated carbocycles. The van der Waals surface area contributed by atoms with Crippen molar-refractivity contribution >= 4 is 17.6 Å². The van der Waals surface area contributed by atoms with Crippen molar-refractivity contribution in [2.24, 2.45) is 10.8 Å². The number of benzene rings is 1. The lowest BCUT2D eigenvalue weighted by Gasteiger charge is -2.28. The molecular formula is C27H43NO11. The molecule has 0 aliphatic heterocycles. The van der Waals surface area contributed by atoms with Crippen molar-refractivity contribution in [3.8, 4) is 11.5 Å². The predicted molar refractivity (Wildman–Crippen MR) is 142 cm³/mol. The fourth-order valence-corrected chi connectivity index (χ4v) is 3.70. The summed E-state index contributed by atoms with van der Waals surface area (Å²) in [7, 11) is 2.94. The van der Waals surface area contributed by atoms with E-state index in [9.17, 15) is 24.8 Å². The van der Waals surface area contributed by atoms with Crippen molar-refractivity contribution in [2.75, 3.05) is 53.9 Å². The summed E-state index contributed by atoms with van der Waals surface area (Å²) < 4.78 is 31.8. The third-order valence-corrected chi connectivity index (χ3v) is 6.55. The highest BCUT2D eigenvalue weighted by Gasteiger charge is 2.35. The summed E-state index contributed by atoms with van der Waals surface area (Å²) in [6, 6.07) is 2.55. The Labute approximate surface area is 230 Å². The predicted octanol–water partition coefficient (Wildman–Crippen LogP) is 3.84. The molecule has 1 unspecified atom stereocenters. The highest BCUT2D eigenvalue weighted by molar-refractivity contribution is 5.77. The second kappa shape index (κ2) is 16.9. The summed E-state index contributed by atoms with van der Waals surface area (Å²) in [5, 5.41) is 20.5. The van der Waals surface area contributed by atoms with E-state index in [-0.39, 0.29) is 67.7 Å². The van der Waals surface area contributed by atoms with E-state index in [1.807, 2.05) is 13.8 Å². The second-order valence-electron chi connectivity index (χ2n) is 9.92. The lowest BCUT2D eigenvalue weighted by atomic mass is 9.79. The molecule has 1 rings (SSSR count). The maximum atomic E-state index is 12.6. The summed E-state index contributed by atoms with van der Waals surface area (Å²) in [5.74, 6) is -0.213. The van der Waals surface area contributed by atoms with Gasteiger partial charge in [0, 0.05) is 7.11 Å². The number of aliphatic hydroxyl groups excluding tert-OH is 1. The summed E-state index contributed by atoms with van der Waals surface area (Å²) in [6.07, 6.45) is 2.42. The van der Waals surface area contributed by atoms with Gasteiger partial charge >= 0.3 is 11.9 Å². The summed E-state index contributed by atoms with van der Waals surface area (Å²) >= 11 is 0. The van der Waals surface area contributed by atoms with Crippen LogP contribution in [0.15, 0.2) is 12.1 Å². The molecule has 0 aromatic heterocycles. The Morgan fingerprint density at radius 1 is 0.923 bits per heavy atom. The van der Waals surface area contributed by atoms with Crippen LogP contribution in [0, 0.1) is 20.9 Å². The first kappa shape index (κ1) is 34.1. The molecule has 1 N–H and O–H groups in total. The monoisotopic (exact) mass is 557 g/mol. The first-order valence-electron chi connectivity index (χ1n) is 13.0. The molecule has 39 heavy (non-hydrogen) atoms. The molecule has 222 valence electrons. The minimum atomic E-state index is -0.732. The van der Waals surface area contributed by atoms with E-state index in [0.717, 1.165) is 0 Å². The molecular weight excluding hydrogens is 514 g/mol. The van der Waals surface area contributed by atoms with Gasteiger partial charge in [-0.1, -0.05) is 13.3 Å². The third kappa shape index (κ3) is 11.0. The molecule has 0 aliphatic rings. The van der Waals surface area contributed by atoms with E-state index in [1.165, 1.54) is 19.2 Å². The third-order valence-electron chi connectivity index (χ3n) is 6.55. The van der Waals surface area contributed by atoms with Crippen LogP contribution in [0.4, 0.5) is 5.69 Å². The average Bonchev–Trinajstić information content (AvgIpc) is 2.91. The molecule has 12 heteroatoms. The number of nitro groups is 1. The van der Waals surface area contributed by atoms with E-state index < -0.39 is 22.4 Å². The quantitative estimate of drug-likeness (QED) is 0.108. The number of ether oxygens (including phenoxy) is 6. The zero-order valence-corrected chi connectivity index (χ0v) is 23.9. The topological polar surface area (TPSA) is 153 Å². The fourth-order valence-electron chi connectivity index (χ4n) is 3.70. The molecule has 1 aromatic carbocycles. The number of carbonyl (C=O) groups excluding carboxylic acids is 2. The van der Waals surface area contributed by atoms with Crippen LogP contribution in [0.1, 0.15) is 58.9 Å². The second-order valence-corrected chi connectivity index (χ2v) is 9.92. The zero-order valence-electron chi connectivity index (χ0n) is 23.9. The van der Waals surface area contributed by atoms with Crippen molar-refractivity contribution in [1.82, 2.24) is 0 Å². The van der Waals surface area contributed by atoms with Crippen LogP contribution >= 0.6 is 0 Å². The summed E-state index contributed by atoms with van der Waals surface area (Å²) in [5.41, 5.74) is -1.52. The van der Waals surface area contributed by atoms with Gasteiger partial charge in [-0.15, -0.1) is 0 Å². The fraction of sp³-hybridized carbons (Fsp3) is 0.704. The molecule has 1 atom stereocenters. The van der Waals surface area contributed by atoms with Crippen LogP contribution in [0.3, 0.4) is 0 Å². The van der Waals surface area contributed by atoms with Crippen molar-refractivity contribution in [1.29, 1.82) is 0 Å².